The van der Waals surface area contributed by atoms with Crippen molar-refractivity contribution < 1.29 is 60.2 Å². The van der Waals surface area contributed by atoms with E-state index < -0.39 is 77.2 Å². The molecule has 180 valence electrons. The molecule has 0 saturated heterocycles. The fourth-order valence-electron chi connectivity index (χ4n) is 3.61. The molecule has 1 fully saturated rings. The Hall–Kier alpha value is -3.45. The maximum atomic E-state index is 11.6. The van der Waals surface area contributed by atoms with Gasteiger partial charge in [0.15, 0.2) is 40.1 Å². The Kier molecular flexibility index (Phi) is 6.74. The highest BCUT2D eigenvalue weighted by atomic mass is 16.5. The minimum Gasteiger partial charge on any atom is -0.504 e. The summed E-state index contributed by atoms with van der Waals surface area (Å²) in [6, 6.07) is 4.41. The minimum absolute atomic E-state index is 0.201. The quantitative estimate of drug-likeness (QED) is 0.252. The van der Waals surface area contributed by atoms with Crippen molar-refractivity contribution in [2.75, 3.05) is 0 Å². The first-order valence-electron chi connectivity index (χ1n) is 9.76. The summed E-state index contributed by atoms with van der Waals surface area (Å²) < 4.78 is 11.1. The van der Waals surface area contributed by atoms with Crippen molar-refractivity contribution in [3.05, 3.63) is 35.4 Å². The van der Waals surface area contributed by atoms with Crippen LogP contribution in [0.5, 0.6) is 34.5 Å². The van der Waals surface area contributed by atoms with Gasteiger partial charge >= 0.3 is 5.97 Å². The van der Waals surface area contributed by atoms with Gasteiger partial charge in [-0.3, -0.25) is 0 Å². The summed E-state index contributed by atoms with van der Waals surface area (Å²) in [4.78, 5) is 11.6. The standard InChI is InChI=1S/C21H24O12/c22-11-1-9(2-12(23)17(11)26)7-32-15-5-21(31,20(29)30)6-16(19(15)28)33-8-10-3-13(24)18(27)14(25)4-10/h1-4,15-16,19,22-28,31H,5-8H2,(H,29,30)/t15-,16-,19?,21?/m1/s1. The van der Waals surface area contributed by atoms with E-state index in [0.29, 0.717) is 0 Å². The summed E-state index contributed by atoms with van der Waals surface area (Å²) in [5, 5.41) is 87.9. The van der Waals surface area contributed by atoms with Crippen molar-refractivity contribution >= 4 is 5.97 Å². The molecular formula is C21H24O12. The highest BCUT2D eigenvalue weighted by Gasteiger charge is 2.50. The highest BCUT2D eigenvalue weighted by Crippen LogP contribution is 2.38. The molecule has 0 unspecified atom stereocenters. The molecule has 2 atom stereocenters. The van der Waals surface area contributed by atoms with Crippen molar-refractivity contribution in [2.45, 2.75) is 50.0 Å². The number of carbonyl (C=O) groups is 1. The van der Waals surface area contributed by atoms with Gasteiger partial charge in [-0.1, -0.05) is 0 Å². The van der Waals surface area contributed by atoms with Crippen LogP contribution >= 0.6 is 0 Å². The zero-order valence-corrected chi connectivity index (χ0v) is 17.1. The molecule has 9 N–H and O–H groups in total. The summed E-state index contributed by atoms with van der Waals surface area (Å²) in [5.41, 5.74) is -1.90. The van der Waals surface area contributed by atoms with E-state index in [0.717, 1.165) is 24.3 Å². The van der Waals surface area contributed by atoms with E-state index >= 15 is 0 Å². The average Bonchev–Trinajstić information content (AvgIpc) is 2.74. The molecule has 0 radical (unpaired) electrons. The molecule has 0 heterocycles. The number of aliphatic carboxylic acids is 1. The Labute approximate surface area is 186 Å². The van der Waals surface area contributed by atoms with Crippen LogP contribution in [0.4, 0.5) is 0 Å². The van der Waals surface area contributed by atoms with Gasteiger partial charge in [-0.05, 0) is 35.4 Å². The van der Waals surface area contributed by atoms with Gasteiger partial charge in [-0.2, -0.15) is 0 Å². The molecule has 2 aromatic rings. The van der Waals surface area contributed by atoms with E-state index in [4.69, 9.17) is 9.47 Å². The maximum Gasteiger partial charge on any atom is 0.335 e. The van der Waals surface area contributed by atoms with Crippen LogP contribution < -0.4 is 0 Å². The molecule has 1 saturated carbocycles. The van der Waals surface area contributed by atoms with Crippen LogP contribution in [0, 0.1) is 0 Å². The van der Waals surface area contributed by atoms with E-state index in [1.165, 1.54) is 0 Å². The first-order valence-corrected chi connectivity index (χ1v) is 9.76. The largest absolute Gasteiger partial charge is 0.504 e. The normalized spacial score (nSPS) is 25.1. The van der Waals surface area contributed by atoms with E-state index in [-0.39, 0.29) is 24.3 Å². The summed E-state index contributed by atoms with van der Waals surface area (Å²) >= 11 is 0. The second-order valence-corrected chi connectivity index (χ2v) is 7.90. The molecule has 0 spiro atoms. The average molecular weight is 468 g/mol. The van der Waals surface area contributed by atoms with Gasteiger partial charge in [-0.15, -0.1) is 0 Å². The number of ether oxygens (including phenoxy) is 2. The zero-order valence-electron chi connectivity index (χ0n) is 17.1. The van der Waals surface area contributed by atoms with Crippen LogP contribution in [0.2, 0.25) is 0 Å². The third-order valence-corrected chi connectivity index (χ3v) is 5.42. The summed E-state index contributed by atoms with van der Waals surface area (Å²) in [6.07, 6.45) is -4.84. The van der Waals surface area contributed by atoms with Crippen molar-refractivity contribution in [3.63, 3.8) is 0 Å². The summed E-state index contributed by atoms with van der Waals surface area (Å²) in [5.74, 6) is -5.45. The molecule has 0 amide bonds. The Balaban J connectivity index is 1.75. The monoisotopic (exact) mass is 468 g/mol. The minimum atomic E-state index is -2.30. The fourth-order valence-corrected chi connectivity index (χ4v) is 3.61. The molecule has 1 aliphatic rings. The van der Waals surface area contributed by atoms with Crippen molar-refractivity contribution in [1.29, 1.82) is 0 Å². The lowest BCUT2D eigenvalue weighted by atomic mass is 9.79. The lowest BCUT2D eigenvalue weighted by Gasteiger charge is -2.41. The predicted octanol–water partition coefficient (Wildman–Crippen LogP) is 0.361. The number of phenols is 6. The van der Waals surface area contributed by atoms with Crippen LogP contribution in [0.3, 0.4) is 0 Å². The van der Waals surface area contributed by atoms with E-state index in [2.05, 4.69) is 0 Å². The fraction of sp³-hybridized carbons (Fsp3) is 0.381. The highest BCUT2D eigenvalue weighted by molar-refractivity contribution is 5.77. The van der Waals surface area contributed by atoms with Crippen LogP contribution in [0.25, 0.3) is 0 Å². The number of hydrogen-bond acceptors (Lipinski definition) is 11. The third kappa shape index (κ3) is 5.14. The Morgan fingerprint density at radius 1 is 0.788 bits per heavy atom. The molecule has 12 nitrogen and oxygen atoms in total. The second-order valence-electron chi connectivity index (χ2n) is 7.90. The maximum absolute atomic E-state index is 11.6. The number of hydrogen-bond donors (Lipinski definition) is 9. The van der Waals surface area contributed by atoms with Gasteiger partial charge in [0.1, 0.15) is 6.10 Å². The van der Waals surface area contributed by atoms with Crippen LogP contribution in [-0.4, -0.2) is 75.8 Å². The topological polar surface area (TPSA) is 218 Å². The number of carboxylic acid groups (broad SMARTS) is 1. The Morgan fingerprint density at radius 2 is 1.12 bits per heavy atom. The second kappa shape index (κ2) is 9.19. The predicted molar refractivity (Wildman–Crippen MR) is 108 cm³/mol. The summed E-state index contributed by atoms with van der Waals surface area (Å²) in [6.45, 7) is -0.628. The zero-order chi connectivity index (χ0) is 24.5. The molecule has 0 bridgehead atoms. The van der Waals surface area contributed by atoms with Crippen molar-refractivity contribution in [2.24, 2.45) is 0 Å². The Morgan fingerprint density at radius 3 is 1.42 bits per heavy atom. The third-order valence-electron chi connectivity index (χ3n) is 5.42. The van der Waals surface area contributed by atoms with Gasteiger partial charge in [0, 0.05) is 12.8 Å². The number of rotatable bonds is 7. The SMILES string of the molecule is O=C(O)C1(O)C[C@@H](OCc2cc(O)c(O)c(O)c2)C(O)[C@H](OCc2cc(O)c(O)c(O)c2)C1. The molecule has 0 aliphatic heterocycles. The molecule has 2 aromatic carbocycles. The van der Waals surface area contributed by atoms with E-state index in [1.807, 2.05) is 0 Å². The van der Waals surface area contributed by atoms with E-state index in [1.54, 1.807) is 0 Å². The molecule has 1 aliphatic carbocycles. The van der Waals surface area contributed by atoms with Gasteiger partial charge in [-0.25, -0.2) is 4.79 Å². The van der Waals surface area contributed by atoms with Gasteiger partial charge < -0.3 is 55.4 Å². The van der Waals surface area contributed by atoms with Crippen LogP contribution in [0.1, 0.15) is 24.0 Å². The van der Waals surface area contributed by atoms with Gasteiger partial charge in [0.2, 0.25) is 0 Å². The number of benzene rings is 2. The lowest BCUT2D eigenvalue weighted by molar-refractivity contribution is -0.205. The number of aliphatic hydroxyl groups is 2. The van der Waals surface area contributed by atoms with Crippen molar-refractivity contribution in [3.8, 4) is 34.5 Å². The van der Waals surface area contributed by atoms with Gasteiger partial charge in [0.05, 0.1) is 25.4 Å². The number of phenolic OH excluding ortho intramolecular Hbond substituents is 6. The number of aromatic hydroxyl groups is 6. The first-order chi connectivity index (χ1) is 15.4. The lowest BCUT2D eigenvalue weighted by Crippen LogP contribution is -2.57. The molecule has 33 heavy (non-hydrogen) atoms. The van der Waals surface area contributed by atoms with Crippen LogP contribution in [-0.2, 0) is 27.5 Å². The smallest absolute Gasteiger partial charge is 0.335 e. The first kappa shape index (κ1) is 24.2. The number of aliphatic hydroxyl groups excluding tert-OH is 1. The number of carboxylic acids is 1. The Bertz CT molecular complexity index is 918. The molecular weight excluding hydrogens is 444 g/mol. The molecule has 0 aromatic heterocycles. The molecule has 3 rings (SSSR count). The molecule has 12 heteroatoms. The van der Waals surface area contributed by atoms with E-state index in [9.17, 15) is 50.8 Å². The van der Waals surface area contributed by atoms with Crippen LogP contribution in [0.15, 0.2) is 24.3 Å². The van der Waals surface area contributed by atoms with Crippen molar-refractivity contribution in [1.82, 2.24) is 0 Å². The van der Waals surface area contributed by atoms with Gasteiger partial charge in [0.25, 0.3) is 0 Å². The summed E-state index contributed by atoms with van der Waals surface area (Å²) in [7, 11) is 0.